The van der Waals surface area contributed by atoms with Gasteiger partial charge in [0.2, 0.25) is 5.91 Å². The lowest BCUT2D eigenvalue weighted by molar-refractivity contribution is -0.384. The topological polar surface area (TPSA) is 107 Å². The van der Waals surface area contributed by atoms with Crippen LogP contribution in [0.5, 0.6) is 5.75 Å². The highest BCUT2D eigenvalue weighted by molar-refractivity contribution is 7.98. The van der Waals surface area contributed by atoms with Gasteiger partial charge in [0, 0.05) is 0 Å². The molecule has 7 nitrogen and oxygen atoms in total. The molecular weight excluding hydrogens is 294 g/mol. The van der Waals surface area contributed by atoms with Crippen LogP contribution in [0.1, 0.15) is 13.3 Å². The molecule has 0 aliphatic heterocycles. The Balaban J connectivity index is 2.86. The number of carbonyl (C=O) groups excluding carboxylic acids is 1. The minimum Gasteiger partial charge on any atom is -0.494 e. The third-order valence-electron chi connectivity index (χ3n) is 2.70. The largest absolute Gasteiger partial charge is 0.494 e. The number of benzene rings is 1. The van der Waals surface area contributed by atoms with Crippen LogP contribution < -0.4 is 15.8 Å². The van der Waals surface area contributed by atoms with Crippen LogP contribution in [-0.4, -0.2) is 35.5 Å². The molecule has 0 unspecified atom stereocenters. The molecule has 0 saturated carbocycles. The maximum atomic E-state index is 11.9. The third-order valence-corrected chi connectivity index (χ3v) is 3.35. The van der Waals surface area contributed by atoms with Gasteiger partial charge in [-0.05, 0) is 37.5 Å². The van der Waals surface area contributed by atoms with Crippen molar-refractivity contribution in [3.05, 3.63) is 28.3 Å². The van der Waals surface area contributed by atoms with Gasteiger partial charge in [-0.1, -0.05) is 0 Å². The van der Waals surface area contributed by atoms with E-state index in [0.717, 1.165) is 5.75 Å². The molecule has 1 atom stereocenters. The monoisotopic (exact) mass is 313 g/mol. The van der Waals surface area contributed by atoms with Crippen molar-refractivity contribution in [2.24, 2.45) is 5.73 Å². The van der Waals surface area contributed by atoms with Gasteiger partial charge in [-0.15, -0.1) is 0 Å². The summed E-state index contributed by atoms with van der Waals surface area (Å²) in [4.78, 5) is 22.4. The zero-order chi connectivity index (χ0) is 15.8. The average Bonchev–Trinajstić information content (AvgIpc) is 2.46. The molecule has 0 bridgehead atoms. The molecule has 0 aliphatic carbocycles. The second-order valence-corrected chi connectivity index (χ2v) is 5.23. The summed E-state index contributed by atoms with van der Waals surface area (Å²) < 4.78 is 5.21. The van der Waals surface area contributed by atoms with E-state index in [1.54, 1.807) is 24.8 Å². The summed E-state index contributed by atoms with van der Waals surface area (Å²) in [7, 11) is 0. The Morgan fingerprint density at radius 1 is 1.57 bits per heavy atom. The minimum absolute atomic E-state index is 0.119. The van der Waals surface area contributed by atoms with Gasteiger partial charge >= 0.3 is 0 Å². The zero-order valence-electron chi connectivity index (χ0n) is 12.0. The molecule has 1 amide bonds. The third kappa shape index (κ3) is 5.24. The average molecular weight is 313 g/mol. The number of nitro groups is 1. The lowest BCUT2D eigenvalue weighted by Gasteiger charge is -2.12. The molecule has 0 aromatic heterocycles. The zero-order valence-corrected chi connectivity index (χ0v) is 12.8. The predicted molar refractivity (Wildman–Crippen MR) is 83.9 cm³/mol. The number of anilines is 1. The summed E-state index contributed by atoms with van der Waals surface area (Å²) in [5.41, 5.74) is 5.64. The first-order chi connectivity index (χ1) is 9.99. The summed E-state index contributed by atoms with van der Waals surface area (Å²) in [5.74, 6) is 0.699. The highest BCUT2D eigenvalue weighted by atomic mass is 32.2. The van der Waals surface area contributed by atoms with Crippen LogP contribution in [0.2, 0.25) is 0 Å². The molecule has 21 heavy (non-hydrogen) atoms. The van der Waals surface area contributed by atoms with Crippen molar-refractivity contribution in [2.75, 3.05) is 23.9 Å². The van der Waals surface area contributed by atoms with Gasteiger partial charge in [0.15, 0.2) is 0 Å². The standard InChI is InChI=1S/C13H19N3O4S/c1-3-20-9-4-5-11(12(8-9)16(18)19)15-13(17)10(14)6-7-21-2/h4-5,8,10H,3,6-7,14H2,1-2H3,(H,15,17)/t10-/m0/s1. The first-order valence-corrected chi connectivity index (χ1v) is 7.85. The molecule has 0 saturated heterocycles. The number of rotatable bonds is 8. The summed E-state index contributed by atoms with van der Waals surface area (Å²) >= 11 is 1.58. The lowest BCUT2D eigenvalue weighted by Crippen LogP contribution is -2.36. The van der Waals surface area contributed by atoms with Crippen molar-refractivity contribution in [1.82, 2.24) is 0 Å². The molecule has 0 spiro atoms. The highest BCUT2D eigenvalue weighted by Gasteiger charge is 2.20. The second kappa shape index (κ2) is 8.48. The van der Waals surface area contributed by atoms with Crippen LogP contribution in [0.25, 0.3) is 0 Å². The summed E-state index contributed by atoms with van der Waals surface area (Å²) in [6, 6.07) is 3.61. The molecule has 3 N–H and O–H groups in total. The number of nitrogens with two attached hydrogens (primary N) is 1. The first kappa shape index (κ1) is 17.3. The van der Waals surface area contributed by atoms with Crippen molar-refractivity contribution in [3.63, 3.8) is 0 Å². The van der Waals surface area contributed by atoms with Gasteiger partial charge in [-0.25, -0.2) is 0 Å². The van der Waals surface area contributed by atoms with Gasteiger partial charge in [0.25, 0.3) is 5.69 Å². The number of nitrogens with one attached hydrogen (secondary N) is 1. The van der Waals surface area contributed by atoms with Crippen molar-refractivity contribution in [1.29, 1.82) is 0 Å². The lowest BCUT2D eigenvalue weighted by atomic mass is 10.2. The number of carbonyl (C=O) groups is 1. The van der Waals surface area contributed by atoms with Crippen molar-refractivity contribution < 1.29 is 14.5 Å². The molecule has 1 rings (SSSR count). The first-order valence-electron chi connectivity index (χ1n) is 6.46. The van der Waals surface area contributed by atoms with Gasteiger partial charge in [0.05, 0.1) is 23.6 Å². The van der Waals surface area contributed by atoms with E-state index in [-0.39, 0.29) is 11.4 Å². The molecule has 1 aromatic rings. The maximum absolute atomic E-state index is 11.9. The van der Waals surface area contributed by atoms with E-state index < -0.39 is 16.9 Å². The Hall–Kier alpha value is -1.80. The fourth-order valence-electron chi connectivity index (χ4n) is 1.63. The Morgan fingerprint density at radius 3 is 2.86 bits per heavy atom. The van der Waals surface area contributed by atoms with Gasteiger partial charge in [0.1, 0.15) is 11.4 Å². The number of nitrogens with zero attached hydrogens (tertiary/aromatic N) is 1. The van der Waals surface area contributed by atoms with Crippen molar-refractivity contribution in [2.45, 2.75) is 19.4 Å². The van der Waals surface area contributed by atoms with Crippen LogP contribution in [0.3, 0.4) is 0 Å². The fraction of sp³-hybridized carbons (Fsp3) is 0.462. The summed E-state index contributed by atoms with van der Waals surface area (Å²) in [6.07, 6.45) is 2.43. The van der Waals surface area contributed by atoms with Crippen LogP contribution in [0.4, 0.5) is 11.4 Å². The van der Waals surface area contributed by atoms with Crippen LogP contribution in [-0.2, 0) is 4.79 Å². The summed E-state index contributed by atoms with van der Waals surface area (Å²) in [6.45, 7) is 2.19. The number of amides is 1. The van der Waals surface area contributed by atoms with E-state index in [1.807, 2.05) is 6.26 Å². The maximum Gasteiger partial charge on any atom is 0.296 e. The van der Waals surface area contributed by atoms with E-state index in [9.17, 15) is 14.9 Å². The summed E-state index contributed by atoms with van der Waals surface area (Å²) in [5, 5.41) is 13.6. The number of nitro benzene ring substituents is 1. The van der Waals surface area contributed by atoms with E-state index >= 15 is 0 Å². The Morgan fingerprint density at radius 2 is 2.29 bits per heavy atom. The Bertz CT molecular complexity index is 510. The highest BCUT2D eigenvalue weighted by Crippen LogP contribution is 2.29. The predicted octanol–water partition coefficient (Wildman–Crippen LogP) is 2.01. The van der Waals surface area contributed by atoms with Crippen molar-refractivity contribution >= 4 is 29.0 Å². The normalized spacial score (nSPS) is 11.8. The smallest absolute Gasteiger partial charge is 0.296 e. The molecule has 1 aromatic carbocycles. The van der Waals surface area contributed by atoms with Crippen LogP contribution in [0.15, 0.2) is 18.2 Å². The number of ether oxygens (including phenoxy) is 1. The van der Waals surface area contributed by atoms with E-state index in [1.165, 1.54) is 12.1 Å². The Kier molecular flexibility index (Phi) is 6.97. The van der Waals surface area contributed by atoms with E-state index in [0.29, 0.717) is 18.8 Å². The number of hydrogen-bond donors (Lipinski definition) is 2. The molecular formula is C13H19N3O4S. The number of hydrogen-bond acceptors (Lipinski definition) is 6. The SMILES string of the molecule is CCOc1ccc(NC(=O)[C@@H](N)CCSC)c([N+](=O)[O-])c1. The van der Waals surface area contributed by atoms with Gasteiger partial charge < -0.3 is 15.8 Å². The van der Waals surface area contributed by atoms with E-state index in [4.69, 9.17) is 10.5 Å². The fourth-order valence-corrected chi connectivity index (χ4v) is 2.12. The van der Waals surface area contributed by atoms with Gasteiger partial charge in [-0.2, -0.15) is 11.8 Å². The molecule has 0 heterocycles. The molecule has 0 aliphatic rings. The van der Waals surface area contributed by atoms with E-state index in [2.05, 4.69) is 5.32 Å². The second-order valence-electron chi connectivity index (χ2n) is 4.25. The van der Waals surface area contributed by atoms with Crippen molar-refractivity contribution in [3.8, 4) is 5.75 Å². The number of thioether (sulfide) groups is 1. The molecule has 0 radical (unpaired) electrons. The molecule has 8 heteroatoms. The Labute approximate surface area is 127 Å². The minimum atomic E-state index is -0.691. The molecule has 116 valence electrons. The molecule has 0 fully saturated rings. The van der Waals surface area contributed by atoms with Gasteiger partial charge in [-0.3, -0.25) is 14.9 Å². The quantitative estimate of drug-likeness (QED) is 0.561. The van der Waals surface area contributed by atoms with Crippen LogP contribution in [0, 0.1) is 10.1 Å². The van der Waals surface area contributed by atoms with Crippen LogP contribution >= 0.6 is 11.8 Å².